The van der Waals surface area contributed by atoms with Gasteiger partial charge in [0.1, 0.15) is 6.61 Å². The van der Waals surface area contributed by atoms with Crippen molar-refractivity contribution in [3.8, 4) is 11.5 Å². The number of thiazole rings is 1. The second kappa shape index (κ2) is 11.7. The number of fused-ring (bicyclic) bond motifs is 1. The number of hydrogen-bond donors (Lipinski definition) is 0. The second-order valence-corrected chi connectivity index (χ2v) is 9.97. The van der Waals surface area contributed by atoms with E-state index in [-0.39, 0.29) is 12.2 Å². The SMILES string of the molecule is C=CCOC(=O)C1=C(C)N=c2sc(=Cc3ccc(OCC)c(OC)c3)c(=O)n2C1c1ccc(SC)cc1. The third kappa shape index (κ3) is 5.42. The minimum atomic E-state index is -0.665. The van der Waals surface area contributed by atoms with Gasteiger partial charge in [0.15, 0.2) is 16.3 Å². The normalized spacial score (nSPS) is 15.1. The molecule has 7 nitrogen and oxygen atoms in total. The van der Waals surface area contributed by atoms with Crippen LogP contribution in [-0.2, 0) is 9.53 Å². The van der Waals surface area contributed by atoms with Crippen LogP contribution in [0.1, 0.15) is 31.0 Å². The zero-order valence-electron chi connectivity index (χ0n) is 21.1. The number of thioether (sulfide) groups is 1. The van der Waals surface area contributed by atoms with E-state index >= 15 is 0 Å². The molecular weight excluding hydrogens is 508 g/mol. The molecule has 2 heterocycles. The summed E-state index contributed by atoms with van der Waals surface area (Å²) in [7, 11) is 1.58. The molecule has 0 aliphatic carbocycles. The highest BCUT2D eigenvalue weighted by Crippen LogP contribution is 2.32. The first kappa shape index (κ1) is 26.5. The zero-order valence-corrected chi connectivity index (χ0v) is 22.8. The molecule has 1 aromatic heterocycles. The highest BCUT2D eigenvalue weighted by atomic mass is 32.2. The Bertz CT molecular complexity index is 1530. The number of carbonyl (C=O) groups excluding carboxylic acids is 1. The molecule has 3 aromatic rings. The van der Waals surface area contributed by atoms with Gasteiger partial charge in [-0.1, -0.05) is 42.2 Å². The fourth-order valence-electron chi connectivity index (χ4n) is 4.10. The van der Waals surface area contributed by atoms with E-state index in [2.05, 4.69) is 11.6 Å². The zero-order chi connectivity index (χ0) is 26.5. The third-order valence-electron chi connectivity index (χ3n) is 5.79. The van der Waals surface area contributed by atoms with Crippen molar-refractivity contribution in [1.29, 1.82) is 0 Å². The molecule has 192 valence electrons. The summed E-state index contributed by atoms with van der Waals surface area (Å²) in [5.74, 6) is 0.694. The van der Waals surface area contributed by atoms with E-state index in [1.165, 1.54) is 17.4 Å². The van der Waals surface area contributed by atoms with Crippen LogP contribution in [-0.4, -0.2) is 37.1 Å². The lowest BCUT2D eigenvalue weighted by Crippen LogP contribution is -2.39. The second-order valence-electron chi connectivity index (χ2n) is 8.09. The van der Waals surface area contributed by atoms with Crippen LogP contribution in [0.3, 0.4) is 0 Å². The molecule has 4 rings (SSSR count). The van der Waals surface area contributed by atoms with Crippen LogP contribution in [0.2, 0.25) is 0 Å². The van der Waals surface area contributed by atoms with Crippen molar-refractivity contribution in [2.24, 2.45) is 4.99 Å². The maximum atomic E-state index is 13.8. The summed E-state index contributed by atoms with van der Waals surface area (Å²) >= 11 is 2.90. The van der Waals surface area contributed by atoms with Gasteiger partial charge in [0.2, 0.25) is 0 Å². The topological polar surface area (TPSA) is 79.1 Å². The Morgan fingerprint density at radius 3 is 2.62 bits per heavy atom. The van der Waals surface area contributed by atoms with Crippen LogP contribution >= 0.6 is 23.1 Å². The number of allylic oxidation sites excluding steroid dienone is 1. The minimum Gasteiger partial charge on any atom is -0.493 e. The molecule has 1 aliphatic heterocycles. The molecule has 0 amide bonds. The highest BCUT2D eigenvalue weighted by molar-refractivity contribution is 7.98. The lowest BCUT2D eigenvalue weighted by Gasteiger charge is -2.24. The lowest BCUT2D eigenvalue weighted by molar-refractivity contribution is -0.138. The summed E-state index contributed by atoms with van der Waals surface area (Å²) in [5, 5.41) is 0. The Morgan fingerprint density at radius 2 is 1.97 bits per heavy atom. The fourth-order valence-corrected chi connectivity index (χ4v) is 5.55. The van der Waals surface area contributed by atoms with Crippen LogP contribution in [0, 0.1) is 0 Å². The third-order valence-corrected chi connectivity index (χ3v) is 7.52. The first-order chi connectivity index (χ1) is 17.9. The Labute approximate surface area is 223 Å². The number of carbonyl (C=O) groups is 1. The van der Waals surface area contributed by atoms with Gasteiger partial charge in [0, 0.05) is 4.90 Å². The van der Waals surface area contributed by atoms with Crippen LogP contribution < -0.4 is 24.4 Å². The quantitative estimate of drug-likeness (QED) is 0.233. The molecule has 1 aliphatic rings. The summed E-state index contributed by atoms with van der Waals surface area (Å²) < 4.78 is 18.5. The first-order valence-electron chi connectivity index (χ1n) is 11.7. The monoisotopic (exact) mass is 536 g/mol. The van der Waals surface area contributed by atoms with Gasteiger partial charge in [-0.15, -0.1) is 11.8 Å². The van der Waals surface area contributed by atoms with Gasteiger partial charge in [-0.25, -0.2) is 9.79 Å². The van der Waals surface area contributed by atoms with E-state index < -0.39 is 12.0 Å². The predicted octanol–water partition coefficient (Wildman–Crippen LogP) is 4.09. The smallest absolute Gasteiger partial charge is 0.338 e. The van der Waals surface area contributed by atoms with E-state index in [1.807, 2.05) is 55.6 Å². The summed E-state index contributed by atoms with van der Waals surface area (Å²) in [6.45, 7) is 7.88. The van der Waals surface area contributed by atoms with Crippen molar-refractivity contribution in [2.75, 3.05) is 26.6 Å². The molecule has 0 bridgehead atoms. The Kier molecular flexibility index (Phi) is 8.35. The van der Waals surface area contributed by atoms with Crippen molar-refractivity contribution in [1.82, 2.24) is 4.57 Å². The molecule has 37 heavy (non-hydrogen) atoms. The maximum absolute atomic E-state index is 13.8. The molecule has 1 atom stereocenters. The molecule has 0 saturated carbocycles. The lowest BCUT2D eigenvalue weighted by atomic mass is 9.96. The summed E-state index contributed by atoms with van der Waals surface area (Å²) in [6.07, 6.45) is 5.30. The number of rotatable bonds is 9. The molecule has 1 unspecified atom stereocenters. The number of benzene rings is 2. The van der Waals surface area contributed by atoms with Gasteiger partial charge >= 0.3 is 5.97 Å². The van der Waals surface area contributed by atoms with E-state index in [0.717, 1.165) is 16.0 Å². The van der Waals surface area contributed by atoms with Crippen molar-refractivity contribution < 1.29 is 19.0 Å². The van der Waals surface area contributed by atoms with E-state index in [1.54, 1.807) is 36.4 Å². The first-order valence-corrected chi connectivity index (χ1v) is 13.7. The molecule has 0 fully saturated rings. The average molecular weight is 537 g/mol. The standard InChI is InChI=1S/C28H28N2O5S2/c1-6-14-35-27(32)24-17(3)29-28-30(25(24)19-9-11-20(36-5)12-10-19)26(31)23(37-28)16-18-8-13-21(34-7-2)22(15-18)33-4/h6,8-13,15-16,25H,1,7,14H2,2-5H3. The predicted molar refractivity (Wildman–Crippen MR) is 147 cm³/mol. The van der Waals surface area contributed by atoms with Crippen molar-refractivity contribution >= 4 is 35.1 Å². The Balaban J connectivity index is 1.88. The van der Waals surface area contributed by atoms with Gasteiger partial charge in [-0.3, -0.25) is 9.36 Å². The van der Waals surface area contributed by atoms with Gasteiger partial charge in [0.05, 0.1) is 35.6 Å². The Morgan fingerprint density at radius 1 is 1.22 bits per heavy atom. The van der Waals surface area contributed by atoms with E-state index in [9.17, 15) is 9.59 Å². The van der Waals surface area contributed by atoms with Gasteiger partial charge < -0.3 is 14.2 Å². The fraction of sp³-hybridized carbons (Fsp3) is 0.250. The van der Waals surface area contributed by atoms with Crippen LogP contribution in [0.25, 0.3) is 6.08 Å². The summed E-state index contributed by atoms with van der Waals surface area (Å²) in [6, 6.07) is 12.7. The summed E-state index contributed by atoms with van der Waals surface area (Å²) in [5.41, 5.74) is 2.20. The largest absolute Gasteiger partial charge is 0.493 e. The number of aromatic nitrogens is 1. The molecule has 0 radical (unpaired) electrons. The average Bonchev–Trinajstić information content (AvgIpc) is 3.21. The molecule has 2 aromatic carbocycles. The van der Waals surface area contributed by atoms with E-state index in [0.29, 0.717) is 38.7 Å². The highest BCUT2D eigenvalue weighted by Gasteiger charge is 2.33. The van der Waals surface area contributed by atoms with Crippen molar-refractivity contribution in [3.05, 3.63) is 97.2 Å². The van der Waals surface area contributed by atoms with Gasteiger partial charge in [0.25, 0.3) is 5.56 Å². The minimum absolute atomic E-state index is 0.0672. The number of methoxy groups -OCH3 is 1. The van der Waals surface area contributed by atoms with Gasteiger partial charge in [-0.05, 0) is 61.6 Å². The number of nitrogens with zero attached hydrogens (tertiary/aromatic N) is 2. The molecule has 0 saturated heterocycles. The van der Waals surface area contributed by atoms with E-state index in [4.69, 9.17) is 14.2 Å². The number of ether oxygens (including phenoxy) is 3. The molecule has 0 N–H and O–H groups in total. The maximum Gasteiger partial charge on any atom is 0.338 e. The van der Waals surface area contributed by atoms with Crippen molar-refractivity contribution in [2.45, 2.75) is 24.8 Å². The van der Waals surface area contributed by atoms with Crippen LogP contribution in [0.5, 0.6) is 11.5 Å². The van der Waals surface area contributed by atoms with Crippen LogP contribution in [0.4, 0.5) is 0 Å². The molecule has 0 spiro atoms. The van der Waals surface area contributed by atoms with Crippen molar-refractivity contribution in [3.63, 3.8) is 0 Å². The summed E-state index contributed by atoms with van der Waals surface area (Å²) in [4.78, 5) is 33.1. The molecular formula is C28H28N2O5S2. The number of hydrogen-bond acceptors (Lipinski definition) is 8. The van der Waals surface area contributed by atoms with Gasteiger partial charge in [-0.2, -0.15) is 0 Å². The Hall–Kier alpha value is -3.56. The molecule has 9 heteroatoms. The van der Waals surface area contributed by atoms with Crippen LogP contribution in [0.15, 0.2) is 81.1 Å². The number of esters is 1.